The van der Waals surface area contributed by atoms with Gasteiger partial charge in [0.05, 0.1) is 0 Å². The van der Waals surface area contributed by atoms with Gasteiger partial charge in [0.2, 0.25) is 0 Å². The third kappa shape index (κ3) is 2.98. The minimum absolute atomic E-state index is 0.0626. The minimum atomic E-state index is -0.0626. The number of amides is 1. The Morgan fingerprint density at radius 3 is 2.17 bits per heavy atom. The predicted octanol–water partition coefficient (Wildman–Crippen LogP) is 3.86. The summed E-state index contributed by atoms with van der Waals surface area (Å²) in [6.45, 7) is 6.00. The van der Waals surface area contributed by atoms with Crippen LogP contribution in [0.1, 0.15) is 27.0 Å². The molecule has 0 spiro atoms. The van der Waals surface area contributed by atoms with Crippen LogP contribution in [0, 0.1) is 20.8 Å². The fraction of sp³-hybridized carbons (Fsp3) is 0.188. The molecule has 0 heterocycles. The van der Waals surface area contributed by atoms with Gasteiger partial charge < -0.3 is 5.32 Å². The van der Waals surface area contributed by atoms with Crippen LogP contribution in [0.15, 0.2) is 42.5 Å². The smallest absolute Gasteiger partial charge is 0.255 e. The molecule has 2 aromatic rings. The van der Waals surface area contributed by atoms with Gasteiger partial charge in [-0.1, -0.05) is 29.3 Å². The van der Waals surface area contributed by atoms with E-state index in [1.165, 1.54) is 0 Å². The SMILES string of the molecule is Cc1cccc(NC(=O)c2cc(C)cc(C)c2)c1. The van der Waals surface area contributed by atoms with Gasteiger partial charge >= 0.3 is 0 Å². The lowest BCUT2D eigenvalue weighted by molar-refractivity contribution is 0.102. The largest absolute Gasteiger partial charge is 0.322 e. The number of carbonyl (C=O) groups is 1. The average Bonchev–Trinajstić information content (AvgIpc) is 2.27. The molecule has 92 valence electrons. The molecule has 0 aliphatic carbocycles. The van der Waals surface area contributed by atoms with Gasteiger partial charge in [-0.3, -0.25) is 4.79 Å². The highest BCUT2D eigenvalue weighted by Crippen LogP contribution is 2.13. The molecule has 1 N–H and O–H groups in total. The van der Waals surface area contributed by atoms with Crippen LogP contribution in [-0.4, -0.2) is 5.91 Å². The third-order valence-electron chi connectivity index (χ3n) is 2.76. The Morgan fingerprint density at radius 2 is 1.56 bits per heavy atom. The molecule has 2 nitrogen and oxygen atoms in total. The normalized spacial score (nSPS) is 10.2. The van der Waals surface area contributed by atoms with Gasteiger partial charge in [-0.25, -0.2) is 0 Å². The fourth-order valence-electron chi connectivity index (χ4n) is 2.03. The molecule has 0 saturated carbocycles. The second-order valence-corrected chi connectivity index (χ2v) is 4.70. The molecule has 0 bridgehead atoms. The Kier molecular flexibility index (Phi) is 3.47. The van der Waals surface area contributed by atoms with E-state index in [0.717, 1.165) is 22.4 Å². The Balaban J connectivity index is 2.22. The van der Waals surface area contributed by atoms with Gasteiger partial charge in [-0.05, 0) is 50.6 Å². The summed E-state index contributed by atoms with van der Waals surface area (Å²) < 4.78 is 0. The molecule has 0 aliphatic heterocycles. The quantitative estimate of drug-likeness (QED) is 0.847. The lowest BCUT2D eigenvalue weighted by atomic mass is 10.1. The highest BCUT2D eigenvalue weighted by Gasteiger charge is 2.07. The van der Waals surface area contributed by atoms with Crippen LogP contribution in [-0.2, 0) is 0 Å². The lowest BCUT2D eigenvalue weighted by Gasteiger charge is -2.07. The van der Waals surface area contributed by atoms with Crippen LogP contribution in [0.25, 0.3) is 0 Å². The molecule has 2 heteroatoms. The van der Waals surface area contributed by atoms with Crippen molar-refractivity contribution in [2.24, 2.45) is 0 Å². The van der Waals surface area contributed by atoms with Crippen LogP contribution < -0.4 is 5.32 Å². The van der Waals surface area contributed by atoms with Gasteiger partial charge in [0.25, 0.3) is 5.91 Å². The Hall–Kier alpha value is -2.09. The Bertz CT molecular complexity index is 567. The van der Waals surface area contributed by atoms with Crippen LogP contribution in [0.3, 0.4) is 0 Å². The van der Waals surface area contributed by atoms with Crippen molar-refractivity contribution >= 4 is 11.6 Å². The van der Waals surface area contributed by atoms with Gasteiger partial charge in [0, 0.05) is 11.3 Å². The first-order valence-electron chi connectivity index (χ1n) is 6.01. The summed E-state index contributed by atoms with van der Waals surface area (Å²) in [4.78, 5) is 12.1. The van der Waals surface area contributed by atoms with Crippen molar-refractivity contribution in [2.45, 2.75) is 20.8 Å². The molecule has 0 radical (unpaired) electrons. The second-order valence-electron chi connectivity index (χ2n) is 4.70. The zero-order valence-electron chi connectivity index (χ0n) is 10.9. The maximum Gasteiger partial charge on any atom is 0.255 e. The third-order valence-corrected chi connectivity index (χ3v) is 2.76. The molecule has 0 aromatic heterocycles. The summed E-state index contributed by atoms with van der Waals surface area (Å²) in [6.07, 6.45) is 0. The monoisotopic (exact) mass is 239 g/mol. The zero-order chi connectivity index (χ0) is 13.1. The number of hydrogen-bond acceptors (Lipinski definition) is 1. The summed E-state index contributed by atoms with van der Waals surface area (Å²) >= 11 is 0. The first-order valence-corrected chi connectivity index (χ1v) is 6.01. The lowest BCUT2D eigenvalue weighted by Crippen LogP contribution is -2.12. The summed E-state index contributed by atoms with van der Waals surface area (Å²) in [5.74, 6) is -0.0626. The number of anilines is 1. The molecular formula is C16H17NO. The fourth-order valence-corrected chi connectivity index (χ4v) is 2.03. The van der Waals surface area contributed by atoms with Crippen molar-refractivity contribution < 1.29 is 4.79 Å². The summed E-state index contributed by atoms with van der Waals surface area (Å²) in [5, 5.41) is 2.91. The van der Waals surface area contributed by atoms with Crippen LogP contribution in [0.2, 0.25) is 0 Å². The number of hydrogen-bond donors (Lipinski definition) is 1. The van der Waals surface area contributed by atoms with Gasteiger partial charge in [0.15, 0.2) is 0 Å². The van der Waals surface area contributed by atoms with E-state index in [2.05, 4.69) is 11.4 Å². The van der Waals surface area contributed by atoms with Gasteiger partial charge in [-0.2, -0.15) is 0 Å². The standard InChI is InChI=1S/C16H17NO/c1-11-5-4-6-15(10-11)17-16(18)14-8-12(2)7-13(3)9-14/h4-10H,1-3H3,(H,17,18). The van der Waals surface area contributed by atoms with E-state index in [0.29, 0.717) is 5.56 Å². The van der Waals surface area contributed by atoms with Crippen molar-refractivity contribution in [3.8, 4) is 0 Å². The van der Waals surface area contributed by atoms with E-state index in [4.69, 9.17) is 0 Å². The molecule has 18 heavy (non-hydrogen) atoms. The number of rotatable bonds is 2. The average molecular weight is 239 g/mol. The van der Waals surface area contributed by atoms with Crippen molar-refractivity contribution in [3.63, 3.8) is 0 Å². The van der Waals surface area contributed by atoms with Gasteiger partial charge in [0.1, 0.15) is 0 Å². The number of nitrogens with one attached hydrogen (secondary N) is 1. The maximum atomic E-state index is 12.1. The van der Waals surface area contributed by atoms with Crippen molar-refractivity contribution in [2.75, 3.05) is 5.32 Å². The van der Waals surface area contributed by atoms with E-state index in [9.17, 15) is 4.79 Å². The highest BCUT2D eigenvalue weighted by molar-refractivity contribution is 6.04. The van der Waals surface area contributed by atoms with Crippen molar-refractivity contribution in [1.82, 2.24) is 0 Å². The molecule has 2 aromatic carbocycles. The van der Waals surface area contributed by atoms with E-state index >= 15 is 0 Å². The second kappa shape index (κ2) is 5.05. The van der Waals surface area contributed by atoms with E-state index < -0.39 is 0 Å². The Labute approximate surface area is 108 Å². The molecule has 0 saturated heterocycles. The molecule has 2 rings (SSSR count). The van der Waals surface area contributed by atoms with Crippen LogP contribution >= 0.6 is 0 Å². The highest BCUT2D eigenvalue weighted by atomic mass is 16.1. The predicted molar refractivity (Wildman–Crippen MR) is 75.0 cm³/mol. The molecule has 1 amide bonds. The van der Waals surface area contributed by atoms with E-state index in [-0.39, 0.29) is 5.91 Å². The topological polar surface area (TPSA) is 29.1 Å². The van der Waals surface area contributed by atoms with E-state index in [1.54, 1.807) is 0 Å². The summed E-state index contributed by atoms with van der Waals surface area (Å²) in [5.41, 5.74) is 4.87. The van der Waals surface area contributed by atoms with Crippen molar-refractivity contribution in [1.29, 1.82) is 0 Å². The Morgan fingerprint density at radius 1 is 0.889 bits per heavy atom. The number of carbonyl (C=O) groups excluding carboxylic acids is 1. The molecule has 0 atom stereocenters. The first kappa shape index (κ1) is 12.4. The van der Waals surface area contributed by atoms with Gasteiger partial charge in [-0.15, -0.1) is 0 Å². The van der Waals surface area contributed by atoms with Crippen LogP contribution in [0.4, 0.5) is 5.69 Å². The number of benzene rings is 2. The van der Waals surface area contributed by atoms with Crippen molar-refractivity contribution in [3.05, 3.63) is 64.7 Å². The molecular weight excluding hydrogens is 222 g/mol. The number of aryl methyl sites for hydroxylation is 3. The maximum absolute atomic E-state index is 12.1. The first-order chi connectivity index (χ1) is 8.54. The van der Waals surface area contributed by atoms with E-state index in [1.807, 2.05) is 57.2 Å². The zero-order valence-corrected chi connectivity index (χ0v) is 10.9. The summed E-state index contributed by atoms with van der Waals surface area (Å²) in [6, 6.07) is 13.7. The summed E-state index contributed by atoms with van der Waals surface area (Å²) in [7, 11) is 0. The minimum Gasteiger partial charge on any atom is -0.322 e. The van der Waals surface area contributed by atoms with Crippen LogP contribution in [0.5, 0.6) is 0 Å². The molecule has 0 fully saturated rings. The molecule has 0 unspecified atom stereocenters. The molecule has 0 aliphatic rings.